The zero-order chi connectivity index (χ0) is 20.1. The number of carbonyl (C=O) groups is 2. The van der Waals surface area contributed by atoms with E-state index in [9.17, 15) is 18.4 Å². The van der Waals surface area contributed by atoms with E-state index in [1.807, 2.05) is 0 Å². The number of amides is 1. The van der Waals surface area contributed by atoms with Crippen LogP contribution in [0, 0.1) is 11.6 Å². The Hall–Kier alpha value is -3.88. The van der Waals surface area contributed by atoms with Gasteiger partial charge in [-0.1, -0.05) is 0 Å². The lowest BCUT2D eigenvalue weighted by Crippen LogP contribution is -2.14. The molecule has 3 aromatic rings. The lowest BCUT2D eigenvalue weighted by molar-refractivity contribution is 0.0600. The molecule has 1 heterocycles. The Balaban J connectivity index is 1.64. The van der Waals surface area contributed by atoms with Gasteiger partial charge in [0.05, 0.1) is 12.7 Å². The highest BCUT2D eigenvalue weighted by molar-refractivity contribution is 6.03. The first-order valence-electron chi connectivity index (χ1n) is 8.02. The smallest absolute Gasteiger partial charge is 0.337 e. The first-order valence-corrected chi connectivity index (χ1v) is 8.02. The standard InChI is InChI=1S/C19H14F2N4O3/c1-28-19(27)11-2-4-12(5-3-11)23-18(26)16-8-9-17(25-24-16)22-13-6-7-14(20)15(21)10-13/h2-10H,1H3,(H,22,25)(H,23,26). The Labute approximate surface area is 158 Å². The van der Waals surface area contributed by atoms with Gasteiger partial charge in [-0.25, -0.2) is 13.6 Å². The highest BCUT2D eigenvalue weighted by Gasteiger charge is 2.11. The topological polar surface area (TPSA) is 93.2 Å². The Kier molecular flexibility index (Phi) is 5.54. The fourth-order valence-corrected chi connectivity index (χ4v) is 2.24. The first-order chi connectivity index (χ1) is 13.5. The number of nitrogens with zero attached hydrogens (tertiary/aromatic N) is 2. The Morgan fingerprint density at radius 2 is 1.61 bits per heavy atom. The molecule has 2 aromatic carbocycles. The van der Waals surface area contributed by atoms with Crippen molar-refractivity contribution in [1.29, 1.82) is 0 Å². The zero-order valence-corrected chi connectivity index (χ0v) is 14.6. The second-order valence-corrected chi connectivity index (χ2v) is 5.58. The Morgan fingerprint density at radius 3 is 2.21 bits per heavy atom. The number of halogens is 2. The van der Waals surface area contributed by atoms with Gasteiger partial charge in [0.25, 0.3) is 5.91 Å². The van der Waals surface area contributed by atoms with Crippen molar-refractivity contribution in [1.82, 2.24) is 10.2 Å². The summed E-state index contributed by atoms with van der Waals surface area (Å²) in [4.78, 5) is 23.6. The fraction of sp³-hybridized carbons (Fsp3) is 0.0526. The average Bonchev–Trinajstić information content (AvgIpc) is 2.71. The van der Waals surface area contributed by atoms with Gasteiger partial charge in [-0.15, -0.1) is 10.2 Å². The van der Waals surface area contributed by atoms with Crippen molar-refractivity contribution in [3.05, 3.63) is 77.5 Å². The number of methoxy groups -OCH3 is 1. The molecule has 0 unspecified atom stereocenters. The highest BCUT2D eigenvalue weighted by Crippen LogP contribution is 2.17. The van der Waals surface area contributed by atoms with E-state index in [0.717, 1.165) is 12.1 Å². The number of benzene rings is 2. The molecule has 1 amide bonds. The summed E-state index contributed by atoms with van der Waals surface area (Å²) in [5, 5.41) is 13.0. The Morgan fingerprint density at radius 1 is 0.893 bits per heavy atom. The van der Waals surface area contributed by atoms with Gasteiger partial charge < -0.3 is 15.4 Å². The van der Waals surface area contributed by atoms with Crippen LogP contribution in [-0.2, 0) is 4.74 Å². The third kappa shape index (κ3) is 4.44. The van der Waals surface area contributed by atoms with Crippen LogP contribution in [0.4, 0.5) is 26.0 Å². The number of aromatic nitrogens is 2. The van der Waals surface area contributed by atoms with E-state index in [1.54, 1.807) is 12.1 Å². The zero-order valence-electron chi connectivity index (χ0n) is 14.6. The summed E-state index contributed by atoms with van der Waals surface area (Å²) in [6, 6.07) is 12.3. The minimum atomic E-state index is -0.993. The van der Waals surface area contributed by atoms with Crippen molar-refractivity contribution in [2.45, 2.75) is 0 Å². The molecule has 0 saturated heterocycles. The number of ether oxygens (including phenoxy) is 1. The number of nitrogens with one attached hydrogen (secondary N) is 2. The number of hydrogen-bond donors (Lipinski definition) is 2. The second kappa shape index (κ2) is 8.21. The molecule has 28 heavy (non-hydrogen) atoms. The number of esters is 1. The molecule has 0 spiro atoms. The van der Waals surface area contributed by atoms with Crippen LogP contribution < -0.4 is 10.6 Å². The normalized spacial score (nSPS) is 10.2. The third-order valence-electron chi connectivity index (χ3n) is 3.65. The number of hydrogen-bond acceptors (Lipinski definition) is 6. The van der Waals surface area contributed by atoms with Gasteiger partial charge in [-0.05, 0) is 48.5 Å². The lowest BCUT2D eigenvalue weighted by Gasteiger charge is -2.07. The van der Waals surface area contributed by atoms with Crippen LogP contribution in [0.3, 0.4) is 0 Å². The maximum Gasteiger partial charge on any atom is 0.337 e. The quantitative estimate of drug-likeness (QED) is 0.654. The predicted molar refractivity (Wildman–Crippen MR) is 97.4 cm³/mol. The minimum absolute atomic E-state index is 0.0490. The maximum absolute atomic E-state index is 13.2. The molecule has 0 saturated carbocycles. The molecule has 0 bridgehead atoms. The average molecular weight is 384 g/mol. The van der Waals surface area contributed by atoms with E-state index in [1.165, 1.54) is 37.4 Å². The fourth-order valence-electron chi connectivity index (χ4n) is 2.24. The highest BCUT2D eigenvalue weighted by atomic mass is 19.2. The molecule has 0 atom stereocenters. The molecule has 9 heteroatoms. The van der Waals surface area contributed by atoms with Crippen LogP contribution in [-0.4, -0.2) is 29.2 Å². The van der Waals surface area contributed by atoms with Crippen molar-refractivity contribution < 1.29 is 23.1 Å². The second-order valence-electron chi connectivity index (χ2n) is 5.58. The summed E-state index contributed by atoms with van der Waals surface area (Å²) in [6.07, 6.45) is 0. The SMILES string of the molecule is COC(=O)c1ccc(NC(=O)c2ccc(Nc3ccc(F)c(F)c3)nn2)cc1. The molecule has 7 nitrogen and oxygen atoms in total. The van der Waals surface area contributed by atoms with E-state index in [2.05, 4.69) is 25.6 Å². The monoisotopic (exact) mass is 384 g/mol. The van der Waals surface area contributed by atoms with E-state index in [-0.39, 0.29) is 17.2 Å². The molecule has 0 aliphatic heterocycles. The van der Waals surface area contributed by atoms with Crippen molar-refractivity contribution in [2.75, 3.05) is 17.7 Å². The van der Waals surface area contributed by atoms with Gasteiger partial charge >= 0.3 is 5.97 Å². The van der Waals surface area contributed by atoms with Gasteiger partial charge in [0, 0.05) is 17.4 Å². The predicted octanol–water partition coefficient (Wildman–Crippen LogP) is 3.54. The van der Waals surface area contributed by atoms with Crippen molar-refractivity contribution in [3.8, 4) is 0 Å². The third-order valence-corrected chi connectivity index (χ3v) is 3.65. The summed E-state index contributed by atoms with van der Waals surface area (Å²) < 4.78 is 30.8. The van der Waals surface area contributed by atoms with Crippen LogP contribution in [0.2, 0.25) is 0 Å². The molecule has 2 N–H and O–H groups in total. The first kappa shape index (κ1) is 18.9. The van der Waals surface area contributed by atoms with Gasteiger partial charge in [0.2, 0.25) is 0 Å². The molecule has 0 fully saturated rings. The van der Waals surface area contributed by atoms with Crippen LogP contribution >= 0.6 is 0 Å². The molecular weight excluding hydrogens is 370 g/mol. The van der Waals surface area contributed by atoms with Gasteiger partial charge in [0.1, 0.15) is 0 Å². The molecule has 1 aromatic heterocycles. The summed E-state index contributed by atoms with van der Waals surface area (Å²) in [5.74, 6) is -2.68. The van der Waals surface area contributed by atoms with E-state index in [4.69, 9.17) is 0 Å². The molecule has 3 rings (SSSR count). The number of rotatable bonds is 5. The summed E-state index contributed by atoms with van der Waals surface area (Å²) in [5.41, 5.74) is 1.15. The maximum atomic E-state index is 13.2. The van der Waals surface area contributed by atoms with E-state index < -0.39 is 23.5 Å². The molecule has 0 radical (unpaired) electrons. The Bertz CT molecular complexity index is 1010. The number of carbonyl (C=O) groups excluding carboxylic acids is 2. The molecule has 0 aliphatic carbocycles. The number of anilines is 3. The van der Waals surface area contributed by atoms with Crippen molar-refractivity contribution >= 4 is 29.1 Å². The summed E-state index contributed by atoms with van der Waals surface area (Å²) in [7, 11) is 1.28. The summed E-state index contributed by atoms with van der Waals surface area (Å²) in [6.45, 7) is 0. The summed E-state index contributed by atoms with van der Waals surface area (Å²) >= 11 is 0. The van der Waals surface area contributed by atoms with Crippen LogP contribution in [0.5, 0.6) is 0 Å². The molecular formula is C19H14F2N4O3. The van der Waals surface area contributed by atoms with E-state index in [0.29, 0.717) is 11.3 Å². The van der Waals surface area contributed by atoms with E-state index >= 15 is 0 Å². The van der Waals surface area contributed by atoms with Crippen LogP contribution in [0.15, 0.2) is 54.6 Å². The van der Waals surface area contributed by atoms with Crippen molar-refractivity contribution in [2.24, 2.45) is 0 Å². The lowest BCUT2D eigenvalue weighted by atomic mass is 10.2. The largest absolute Gasteiger partial charge is 0.465 e. The van der Waals surface area contributed by atoms with Gasteiger partial charge in [-0.3, -0.25) is 4.79 Å². The minimum Gasteiger partial charge on any atom is -0.465 e. The van der Waals surface area contributed by atoms with Gasteiger partial charge in [-0.2, -0.15) is 0 Å². The van der Waals surface area contributed by atoms with Crippen LogP contribution in [0.25, 0.3) is 0 Å². The van der Waals surface area contributed by atoms with Gasteiger partial charge in [0.15, 0.2) is 23.1 Å². The molecule has 0 aliphatic rings. The van der Waals surface area contributed by atoms with Crippen LogP contribution in [0.1, 0.15) is 20.8 Å². The van der Waals surface area contributed by atoms with Crippen molar-refractivity contribution in [3.63, 3.8) is 0 Å². The molecule has 142 valence electrons.